The number of hydrogen-bond acceptors (Lipinski definition) is 5. The number of amides is 1. The molecule has 0 bridgehead atoms. The maximum Gasteiger partial charge on any atom is 0.258 e. The van der Waals surface area contributed by atoms with E-state index in [2.05, 4.69) is 10.6 Å². The SMILES string of the molecule is CCOc1cc(CNC[C@H](O)c2ccccc2)ccc1OCC(=O)NC(C)(C)C. The summed E-state index contributed by atoms with van der Waals surface area (Å²) < 4.78 is 11.3. The smallest absolute Gasteiger partial charge is 0.258 e. The van der Waals surface area contributed by atoms with Crippen LogP contribution in [0.2, 0.25) is 0 Å². The van der Waals surface area contributed by atoms with Crippen molar-refractivity contribution >= 4 is 5.91 Å². The third-order valence-corrected chi connectivity index (χ3v) is 4.03. The summed E-state index contributed by atoms with van der Waals surface area (Å²) in [5.74, 6) is 0.948. The van der Waals surface area contributed by atoms with Gasteiger partial charge in [-0.1, -0.05) is 36.4 Å². The Bertz CT molecular complexity index is 772. The van der Waals surface area contributed by atoms with Crippen molar-refractivity contribution < 1.29 is 19.4 Å². The number of nitrogens with one attached hydrogen (secondary N) is 2. The van der Waals surface area contributed by atoms with Crippen LogP contribution in [-0.4, -0.2) is 36.3 Å². The summed E-state index contributed by atoms with van der Waals surface area (Å²) in [4.78, 5) is 12.0. The van der Waals surface area contributed by atoms with E-state index in [0.29, 0.717) is 31.2 Å². The van der Waals surface area contributed by atoms with Crippen molar-refractivity contribution in [1.29, 1.82) is 0 Å². The Morgan fingerprint density at radius 2 is 1.79 bits per heavy atom. The van der Waals surface area contributed by atoms with Gasteiger partial charge in [-0.05, 0) is 51.0 Å². The molecule has 0 spiro atoms. The molecule has 2 aromatic rings. The van der Waals surface area contributed by atoms with Gasteiger partial charge in [0.1, 0.15) is 0 Å². The highest BCUT2D eigenvalue weighted by Gasteiger charge is 2.15. The molecule has 6 heteroatoms. The molecule has 0 aliphatic heterocycles. The van der Waals surface area contributed by atoms with Gasteiger partial charge in [0.05, 0.1) is 12.7 Å². The molecule has 0 aliphatic rings. The van der Waals surface area contributed by atoms with Gasteiger partial charge in [0, 0.05) is 18.6 Å². The van der Waals surface area contributed by atoms with Crippen LogP contribution in [0.5, 0.6) is 11.5 Å². The van der Waals surface area contributed by atoms with Crippen molar-refractivity contribution in [3.63, 3.8) is 0 Å². The number of benzene rings is 2. The molecule has 1 atom stereocenters. The van der Waals surface area contributed by atoms with Crippen LogP contribution in [0, 0.1) is 0 Å². The van der Waals surface area contributed by atoms with Crippen molar-refractivity contribution in [3.05, 3.63) is 59.7 Å². The second kappa shape index (κ2) is 10.8. The van der Waals surface area contributed by atoms with Gasteiger partial charge in [-0.2, -0.15) is 0 Å². The van der Waals surface area contributed by atoms with Gasteiger partial charge in [0.15, 0.2) is 18.1 Å². The van der Waals surface area contributed by atoms with Crippen molar-refractivity contribution in [3.8, 4) is 11.5 Å². The number of carbonyl (C=O) groups excluding carboxylic acids is 1. The fourth-order valence-electron chi connectivity index (χ4n) is 2.79. The Labute approximate surface area is 173 Å². The topological polar surface area (TPSA) is 79.8 Å². The predicted octanol–water partition coefficient (Wildman–Crippen LogP) is 3.20. The summed E-state index contributed by atoms with van der Waals surface area (Å²) in [6.45, 7) is 9.12. The zero-order valence-corrected chi connectivity index (χ0v) is 17.7. The molecule has 0 unspecified atom stereocenters. The number of aliphatic hydroxyl groups excluding tert-OH is 1. The largest absolute Gasteiger partial charge is 0.490 e. The van der Waals surface area contributed by atoms with E-state index in [-0.39, 0.29) is 18.1 Å². The van der Waals surface area contributed by atoms with Crippen molar-refractivity contribution in [2.75, 3.05) is 19.8 Å². The Kier molecular flexibility index (Phi) is 8.49. The summed E-state index contributed by atoms with van der Waals surface area (Å²) in [5, 5.41) is 16.4. The van der Waals surface area contributed by atoms with Crippen LogP contribution >= 0.6 is 0 Å². The lowest BCUT2D eigenvalue weighted by Crippen LogP contribution is -2.43. The number of rotatable bonds is 10. The molecule has 0 aromatic heterocycles. The standard InChI is InChI=1S/C23H32N2O4/c1-5-28-21-13-17(14-24-15-19(26)18-9-7-6-8-10-18)11-12-20(21)29-16-22(27)25-23(2,3)4/h6-13,19,24,26H,5,14-16H2,1-4H3,(H,25,27)/t19-/m0/s1. The van der Waals surface area contributed by atoms with Crippen LogP contribution in [0.3, 0.4) is 0 Å². The van der Waals surface area contributed by atoms with E-state index in [1.165, 1.54) is 0 Å². The first-order valence-corrected chi connectivity index (χ1v) is 9.91. The lowest BCUT2D eigenvalue weighted by molar-refractivity contribution is -0.124. The third-order valence-electron chi connectivity index (χ3n) is 4.03. The predicted molar refractivity (Wildman–Crippen MR) is 114 cm³/mol. The molecule has 0 radical (unpaired) electrons. The minimum Gasteiger partial charge on any atom is -0.490 e. The second-order valence-electron chi connectivity index (χ2n) is 7.86. The highest BCUT2D eigenvalue weighted by Crippen LogP contribution is 2.28. The maximum absolute atomic E-state index is 12.0. The van der Waals surface area contributed by atoms with E-state index in [4.69, 9.17) is 9.47 Å². The first kappa shape index (κ1) is 22.7. The molecule has 0 aliphatic carbocycles. The minimum absolute atomic E-state index is 0.0712. The molecule has 0 fully saturated rings. The number of hydrogen-bond donors (Lipinski definition) is 3. The Balaban J connectivity index is 1.91. The van der Waals surface area contributed by atoms with Crippen molar-refractivity contribution in [1.82, 2.24) is 10.6 Å². The van der Waals surface area contributed by atoms with E-state index in [9.17, 15) is 9.90 Å². The van der Waals surface area contributed by atoms with Crippen molar-refractivity contribution in [2.45, 2.75) is 45.9 Å². The summed E-state index contributed by atoms with van der Waals surface area (Å²) in [6, 6.07) is 15.2. The summed E-state index contributed by atoms with van der Waals surface area (Å²) in [5.41, 5.74) is 1.58. The normalized spacial score (nSPS) is 12.3. The average Bonchev–Trinajstić information content (AvgIpc) is 2.67. The van der Waals surface area contributed by atoms with Crippen molar-refractivity contribution in [2.24, 2.45) is 0 Å². The molecule has 158 valence electrons. The molecule has 6 nitrogen and oxygen atoms in total. The molecule has 1 amide bonds. The zero-order valence-electron chi connectivity index (χ0n) is 17.7. The Morgan fingerprint density at radius 1 is 1.07 bits per heavy atom. The highest BCUT2D eigenvalue weighted by atomic mass is 16.5. The zero-order chi connectivity index (χ0) is 21.3. The van der Waals surface area contributed by atoms with Gasteiger partial charge in [-0.15, -0.1) is 0 Å². The van der Waals surface area contributed by atoms with Crippen LogP contribution in [0.25, 0.3) is 0 Å². The number of carbonyl (C=O) groups is 1. The Hall–Kier alpha value is -2.57. The highest BCUT2D eigenvalue weighted by molar-refractivity contribution is 5.78. The minimum atomic E-state index is -0.563. The molecular weight excluding hydrogens is 368 g/mol. The summed E-state index contributed by atoms with van der Waals surface area (Å²) in [7, 11) is 0. The van der Waals surface area contributed by atoms with Crippen LogP contribution in [0.15, 0.2) is 48.5 Å². The first-order valence-electron chi connectivity index (χ1n) is 9.91. The molecule has 3 N–H and O–H groups in total. The van der Waals surface area contributed by atoms with E-state index in [1.54, 1.807) is 6.07 Å². The van der Waals surface area contributed by atoms with Gasteiger partial charge in [-0.3, -0.25) is 4.79 Å². The molecule has 2 aromatic carbocycles. The van der Waals surface area contributed by atoms with Crippen LogP contribution in [0.4, 0.5) is 0 Å². The van der Waals surface area contributed by atoms with E-state index >= 15 is 0 Å². The lowest BCUT2D eigenvalue weighted by atomic mass is 10.1. The van der Waals surface area contributed by atoms with Crippen LogP contribution in [0.1, 0.15) is 44.9 Å². The first-order chi connectivity index (χ1) is 13.8. The molecule has 29 heavy (non-hydrogen) atoms. The number of ether oxygens (including phenoxy) is 2. The maximum atomic E-state index is 12.0. The van der Waals surface area contributed by atoms with E-state index in [1.807, 2.05) is 70.2 Å². The van der Waals surface area contributed by atoms with E-state index < -0.39 is 6.10 Å². The Morgan fingerprint density at radius 3 is 2.45 bits per heavy atom. The van der Waals surface area contributed by atoms with Gasteiger partial charge in [0.25, 0.3) is 5.91 Å². The molecule has 0 saturated heterocycles. The van der Waals surface area contributed by atoms with Crippen LogP contribution in [-0.2, 0) is 11.3 Å². The molecule has 2 rings (SSSR count). The quantitative estimate of drug-likeness (QED) is 0.571. The van der Waals surface area contributed by atoms with Crippen LogP contribution < -0.4 is 20.1 Å². The van der Waals surface area contributed by atoms with E-state index in [0.717, 1.165) is 11.1 Å². The summed E-state index contributed by atoms with van der Waals surface area (Å²) in [6.07, 6.45) is -0.563. The average molecular weight is 401 g/mol. The van der Waals surface area contributed by atoms with Gasteiger partial charge >= 0.3 is 0 Å². The molecule has 0 heterocycles. The fourth-order valence-corrected chi connectivity index (χ4v) is 2.79. The fraction of sp³-hybridized carbons (Fsp3) is 0.435. The van der Waals surface area contributed by atoms with Gasteiger partial charge in [0.2, 0.25) is 0 Å². The molecular formula is C23H32N2O4. The monoisotopic (exact) mass is 400 g/mol. The number of aliphatic hydroxyl groups is 1. The third kappa shape index (κ3) is 8.13. The summed E-state index contributed by atoms with van der Waals surface area (Å²) >= 11 is 0. The lowest BCUT2D eigenvalue weighted by Gasteiger charge is -2.21. The molecule has 0 saturated carbocycles. The van der Waals surface area contributed by atoms with Gasteiger partial charge < -0.3 is 25.2 Å². The van der Waals surface area contributed by atoms with Gasteiger partial charge in [-0.25, -0.2) is 0 Å². The second-order valence-corrected chi connectivity index (χ2v) is 7.86.